The van der Waals surface area contributed by atoms with Crippen LogP contribution >= 0.6 is 23.6 Å². The van der Waals surface area contributed by atoms with Crippen LogP contribution in [-0.2, 0) is 23.0 Å². The number of aromatic nitrogens is 1. The zero-order valence-corrected chi connectivity index (χ0v) is 21.0. The average Bonchev–Trinajstić information content (AvgIpc) is 3.30. The highest BCUT2D eigenvalue weighted by Gasteiger charge is 2.38. The Kier molecular flexibility index (Phi) is 6.82. The molecular formula is C25H22F3N5O2S2. The van der Waals surface area contributed by atoms with Crippen LogP contribution in [0.2, 0.25) is 0 Å². The fourth-order valence-electron chi connectivity index (χ4n) is 4.50. The van der Waals surface area contributed by atoms with E-state index in [9.17, 15) is 23.1 Å². The first-order valence-electron chi connectivity index (χ1n) is 11.6. The van der Waals surface area contributed by atoms with Gasteiger partial charge < -0.3 is 15.3 Å². The second kappa shape index (κ2) is 9.92. The molecule has 0 saturated carbocycles. The molecule has 37 heavy (non-hydrogen) atoms. The van der Waals surface area contributed by atoms with Gasteiger partial charge in [0.05, 0.1) is 34.9 Å². The number of amides is 1. The van der Waals surface area contributed by atoms with Gasteiger partial charge in [0.15, 0.2) is 5.11 Å². The summed E-state index contributed by atoms with van der Waals surface area (Å²) in [5.41, 5.74) is -0.637. The van der Waals surface area contributed by atoms with Crippen molar-refractivity contribution in [3.8, 4) is 0 Å². The molecule has 3 aliphatic rings. The van der Waals surface area contributed by atoms with Crippen molar-refractivity contribution < 1.29 is 23.1 Å². The predicted molar refractivity (Wildman–Crippen MR) is 139 cm³/mol. The normalized spacial score (nSPS) is 22.0. The highest BCUT2D eigenvalue weighted by molar-refractivity contribution is 7.80. The van der Waals surface area contributed by atoms with E-state index in [-0.39, 0.29) is 49.7 Å². The van der Waals surface area contributed by atoms with Crippen LogP contribution in [0.25, 0.3) is 0 Å². The molecule has 7 nitrogen and oxygen atoms in total. The topological polar surface area (TPSA) is 90.2 Å². The number of thiocarbonyl (C=S) groups is 1. The Hall–Kier alpha value is -3.22. The molecule has 2 N–H and O–H groups in total. The Labute approximate surface area is 220 Å². The maximum absolute atomic E-state index is 13.1. The van der Waals surface area contributed by atoms with Crippen LogP contribution in [0.3, 0.4) is 0 Å². The maximum atomic E-state index is 13.1. The number of aliphatic imine (C=N–C) groups is 2. The number of carbonyl (C=O) groups excluding carboxylic acids is 1. The van der Waals surface area contributed by atoms with Crippen LogP contribution in [0.5, 0.6) is 0 Å². The second-order valence-electron chi connectivity index (χ2n) is 8.97. The van der Waals surface area contributed by atoms with Gasteiger partial charge in [-0.2, -0.15) is 13.2 Å². The number of rotatable bonds is 4. The number of benzene rings is 1. The number of nitrogens with one attached hydrogen (secondary N) is 1. The van der Waals surface area contributed by atoms with Crippen LogP contribution < -0.4 is 5.32 Å². The number of halogens is 3. The van der Waals surface area contributed by atoms with Crippen molar-refractivity contribution >= 4 is 51.3 Å². The standard InChI is InChI=1S/C25H22F3N5O2S2/c26-25(27,28)16-5-3-4-15(12-16)24(35)8-10-33(11-9-24)20(34)13-17-14-37-23(29-17)32-21-18-6-1-2-7-19(18)30-22(36)31-21/h1-7,12,14,18,35H,8-11,13H2,(H,29,31,32,36). The summed E-state index contributed by atoms with van der Waals surface area (Å²) in [6, 6.07) is 4.75. The minimum absolute atomic E-state index is 0.0635. The summed E-state index contributed by atoms with van der Waals surface area (Å²) < 4.78 is 39.3. The lowest BCUT2D eigenvalue weighted by Gasteiger charge is -2.38. The van der Waals surface area contributed by atoms with Crippen LogP contribution in [0.4, 0.5) is 18.3 Å². The van der Waals surface area contributed by atoms with E-state index in [0.29, 0.717) is 21.8 Å². The molecule has 12 heteroatoms. The Bertz CT molecular complexity index is 1350. The number of hydrogen-bond donors (Lipinski definition) is 2. The van der Waals surface area contributed by atoms with E-state index in [1.165, 1.54) is 23.5 Å². The summed E-state index contributed by atoms with van der Waals surface area (Å²) in [7, 11) is 0. The number of aliphatic hydroxyl groups is 1. The molecule has 1 atom stereocenters. The van der Waals surface area contributed by atoms with Crippen molar-refractivity contribution in [2.24, 2.45) is 15.9 Å². The van der Waals surface area contributed by atoms with Crippen molar-refractivity contribution in [3.63, 3.8) is 0 Å². The second-order valence-corrected chi connectivity index (χ2v) is 10.2. The van der Waals surface area contributed by atoms with Crippen molar-refractivity contribution in [2.75, 3.05) is 13.1 Å². The van der Waals surface area contributed by atoms with Gasteiger partial charge in [0.1, 0.15) is 5.84 Å². The van der Waals surface area contributed by atoms with Gasteiger partial charge in [-0.25, -0.2) is 15.0 Å². The third-order valence-corrected chi connectivity index (χ3v) is 7.50. The highest BCUT2D eigenvalue weighted by atomic mass is 32.1. The summed E-state index contributed by atoms with van der Waals surface area (Å²) in [5.74, 6) is 0.310. The average molecular weight is 546 g/mol. The van der Waals surface area contributed by atoms with Gasteiger partial charge in [-0.3, -0.25) is 4.79 Å². The molecule has 1 amide bonds. The molecule has 1 aromatic carbocycles. The fraction of sp³-hybridized carbons (Fsp3) is 0.320. The van der Waals surface area contributed by atoms with Crippen LogP contribution in [-0.4, -0.2) is 50.6 Å². The van der Waals surface area contributed by atoms with Crippen molar-refractivity contribution in [1.29, 1.82) is 0 Å². The predicted octanol–water partition coefficient (Wildman–Crippen LogP) is 4.32. The zero-order chi connectivity index (χ0) is 26.2. The fourth-order valence-corrected chi connectivity index (χ4v) is 5.41. The summed E-state index contributed by atoms with van der Waals surface area (Å²) in [6.07, 6.45) is 3.51. The summed E-state index contributed by atoms with van der Waals surface area (Å²) in [6.45, 7) is 0.464. The number of piperidine rings is 1. The molecule has 0 bridgehead atoms. The van der Waals surface area contributed by atoms with E-state index in [4.69, 9.17) is 12.2 Å². The summed E-state index contributed by atoms with van der Waals surface area (Å²) in [4.78, 5) is 27.9. The number of allylic oxidation sites excluding steroid dienone is 3. The molecule has 0 radical (unpaired) electrons. The first-order chi connectivity index (χ1) is 17.6. The third-order valence-electron chi connectivity index (χ3n) is 6.52. The molecule has 1 aromatic heterocycles. The zero-order valence-electron chi connectivity index (χ0n) is 19.4. The Morgan fingerprint density at radius 1 is 1.30 bits per heavy atom. The van der Waals surface area contributed by atoms with E-state index >= 15 is 0 Å². The Morgan fingerprint density at radius 3 is 2.84 bits per heavy atom. The first kappa shape index (κ1) is 25.4. The molecule has 1 unspecified atom stereocenters. The molecule has 1 aliphatic carbocycles. The number of hydrogen-bond acceptors (Lipinski definition) is 6. The lowest BCUT2D eigenvalue weighted by molar-refractivity contribution is -0.137. The summed E-state index contributed by atoms with van der Waals surface area (Å²) >= 11 is 6.51. The number of thiazole rings is 1. The van der Waals surface area contributed by atoms with E-state index in [1.807, 2.05) is 24.3 Å². The van der Waals surface area contributed by atoms with E-state index in [0.717, 1.165) is 17.8 Å². The number of likely N-dealkylation sites (tertiary alicyclic amines) is 1. The van der Waals surface area contributed by atoms with Gasteiger partial charge in [-0.05, 0) is 48.8 Å². The molecule has 3 heterocycles. The molecular weight excluding hydrogens is 523 g/mol. The van der Waals surface area contributed by atoms with Gasteiger partial charge >= 0.3 is 6.18 Å². The Morgan fingerprint density at radius 2 is 2.08 bits per heavy atom. The SMILES string of the molecule is O=C(Cc1csc(/N=C2\NC(=S)N=C3C=CC=CC32)n1)N1CCC(O)(c2cccc(C(F)(F)F)c2)CC1. The van der Waals surface area contributed by atoms with E-state index in [2.05, 4.69) is 20.3 Å². The lowest BCUT2D eigenvalue weighted by Crippen LogP contribution is -2.45. The number of fused-ring (bicyclic) bond motifs is 1. The van der Waals surface area contributed by atoms with Crippen LogP contribution in [0.1, 0.15) is 29.7 Å². The van der Waals surface area contributed by atoms with E-state index < -0.39 is 17.3 Å². The molecule has 0 spiro atoms. The van der Waals surface area contributed by atoms with Gasteiger partial charge in [0, 0.05) is 18.5 Å². The van der Waals surface area contributed by atoms with Crippen LogP contribution in [0.15, 0.2) is 63.9 Å². The van der Waals surface area contributed by atoms with Gasteiger partial charge in [0.2, 0.25) is 11.0 Å². The number of carbonyl (C=O) groups is 1. The van der Waals surface area contributed by atoms with Gasteiger partial charge in [-0.1, -0.05) is 30.4 Å². The molecule has 192 valence electrons. The van der Waals surface area contributed by atoms with Crippen LogP contribution in [0, 0.1) is 5.92 Å². The third kappa shape index (κ3) is 5.55. The van der Waals surface area contributed by atoms with Crippen molar-refractivity contribution in [1.82, 2.24) is 15.2 Å². The number of nitrogens with zero attached hydrogens (tertiary/aromatic N) is 4. The first-order valence-corrected chi connectivity index (χ1v) is 12.8. The quantitative estimate of drug-likeness (QED) is 0.559. The highest BCUT2D eigenvalue weighted by Crippen LogP contribution is 2.37. The lowest BCUT2D eigenvalue weighted by atomic mass is 9.83. The monoisotopic (exact) mass is 545 g/mol. The van der Waals surface area contributed by atoms with Crippen molar-refractivity contribution in [2.45, 2.75) is 31.0 Å². The number of amidine groups is 1. The molecule has 1 fully saturated rings. The molecule has 2 aromatic rings. The largest absolute Gasteiger partial charge is 0.416 e. The maximum Gasteiger partial charge on any atom is 0.416 e. The molecule has 5 rings (SSSR count). The molecule has 1 saturated heterocycles. The summed E-state index contributed by atoms with van der Waals surface area (Å²) in [5, 5.41) is 16.6. The van der Waals surface area contributed by atoms with E-state index in [1.54, 1.807) is 10.3 Å². The van der Waals surface area contributed by atoms with Gasteiger partial charge in [0.25, 0.3) is 0 Å². The minimum atomic E-state index is -4.49. The molecule has 2 aliphatic heterocycles. The van der Waals surface area contributed by atoms with Gasteiger partial charge in [-0.15, -0.1) is 11.3 Å². The number of alkyl halides is 3. The van der Waals surface area contributed by atoms with Crippen molar-refractivity contribution in [3.05, 3.63) is 70.8 Å². The minimum Gasteiger partial charge on any atom is -0.385 e. The smallest absolute Gasteiger partial charge is 0.385 e. The Balaban J connectivity index is 1.21.